The topological polar surface area (TPSA) is 74.4 Å². The molecule has 2 aromatic rings. The molecule has 1 aromatic carbocycles. The van der Waals surface area contributed by atoms with E-state index in [9.17, 15) is 14.9 Å². The Morgan fingerprint density at radius 3 is 2.50 bits per heavy atom. The van der Waals surface area contributed by atoms with Crippen LogP contribution in [0.15, 0.2) is 36.4 Å². The number of aryl methyl sites for hydroxylation is 1. The minimum Gasteiger partial charge on any atom is -0.443 e. The van der Waals surface area contributed by atoms with Gasteiger partial charge in [0.25, 0.3) is 5.69 Å². The van der Waals surface area contributed by atoms with E-state index < -0.39 is 16.6 Å². The van der Waals surface area contributed by atoms with Crippen molar-refractivity contribution in [1.29, 1.82) is 0 Å². The predicted molar refractivity (Wildman–Crippen MR) is 82.9 cm³/mol. The number of nitrogens with zero attached hydrogens (tertiary/aromatic N) is 2. The van der Waals surface area contributed by atoms with E-state index in [1.807, 2.05) is 0 Å². The second kappa shape index (κ2) is 5.63. The van der Waals surface area contributed by atoms with Crippen molar-refractivity contribution in [2.75, 3.05) is 0 Å². The molecule has 0 radical (unpaired) electrons. The van der Waals surface area contributed by atoms with Gasteiger partial charge >= 0.3 is 6.09 Å². The average molecular weight is 302 g/mol. The molecule has 0 aliphatic heterocycles. The molecule has 0 bridgehead atoms. The van der Waals surface area contributed by atoms with E-state index in [4.69, 9.17) is 4.74 Å². The molecule has 6 nitrogen and oxygen atoms in total. The van der Waals surface area contributed by atoms with Gasteiger partial charge in [-0.05, 0) is 39.8 Å². The molecule has 0 unspecified atom stereocenters. The zero-order valence-electron chi connectivity index (χ0n) is 13.0. The number of hydrogen-bond acceptors (Lipinski definition) is 4. The monoisotopic (exact) mass is 302 g/mol. The molecule has 1 heterocycles. The first-order chi connectivity index (χ1) is 10.2. The van der Waals surface area contributed by atoms with Crippen LogP contribution in [0.5, 0.6) is 0 Å². The normalized spacial score (nSPS) is 11.3. The number of non-ortho nitro benzene ring substituents is 1. The van der Waals surface area contributed by atoms with E-state index in [-0.39, 0.29) is 5.69 Å². The molecule has 0 atom stereocenters. The highest BCUT2D eigenvalue weighted by Gasteiger charge is 2.22. The largest absolute Gasteiger partial charge is 0.443 e. The Morgan fingerprint density at radius 1 is 1.23 bits per heavy atom. The van der Waals surface area contributed by atoms with Crippen molar-refractivity contribution in [3.63, 3.8) is 0 Å². The van der Waals surface area contributed by atoms with E-state index in [1.165, 1.54) is 16.7 Å². The molecule has 22 heavy (non-hydrogen) atoms. The number of aromatic nitrogens is 1. The number of benzene rings is 1. The molecule has 0 saturated carbocycles. The van der Waals surface area contributed by atoms with E-state index in [1.54, 1.807) is 52.0 Å². The summed E-state index contributed by atoms with van der Waals surface area (Å²) in [5, 5.41) is 10.9. The van der Waals surface area contributed by atoms with Gasteiger partial charge in [-0.3, -0.25) is 10.1 Å². The van der Waals surface area contributed by atoms with Crippen LogP contribution in [-0.2, 0) is 4.74 Å². The third-order valence-corrected chi connectivity index (χ3v) is 3.00. The van der Waals surface area contributed by atoms with Gasteiger partial charge in [0.05, 0.1) is 10.6 Å². The van der Waals surface area contributed by atoms with Crippen LogP contribution in [-0.4, -0.2) is 21.2 Å². The molecule has 0 aliphatic rings. The van der Waals surface area contributed by atoms with Crippen molar-refractivity contribution < 1.29 is 14.5 Å². The number of carbonyl (C=O) groups excluding carboxylic acids is 1. The smallest absolute Gasteiger partial charge is 0.419 e. The Bertz CT molecular complexity index is 726. The van der Waals surface area contributed by atoms with Gasteiger partial charge in [-0.15, -0.1) is 0 Å². The van der Waals surface area contributed by atoms with Crippen molar-refractivity contribution in [3.05, 3.63) is 52.2 Å². The fraction of sp³-hybridized carbons (Fsp3) is 0.312. The minimum atomic E-state index is -0.617. The number of hydrogen-bond donors (Lipinski definition) is 0. The number of ether oxygens (including phenoxy) is 1. The maximum atomic E-state index is 12.4. The van der Waals surface area contributed by atoms with Crippen LogP contribution in [0, 0.1) is 17.0 Å². The van der Waals surface area contributed by atoms with Crippen molar-refractivity contribution in [2.24, 2.45) is 0 Å². The highest BCUT2D eigenvalue weighted by molar-refractivity contribution is 5.80. The van der Waals surface area contributed by atoms with Crippen molar-refractivity contribution in [3.8, 4) is 11.3 Å². The lowest BCUT2D eigenvalue weighted by molar-refractivity contribution is -0.384. The van der Waals surface area contributed by atoms with Crippen LogP contribution in [0.1, 0.15) is 26.5 Å². The first-order valence-corrected chi connectivity index (χ1v) is 6.85. The van der Waals surface area contributed by atoms with E-state index in [0.29, 0.717) is 17.0 Å². The third kappa shape index (κ3) is 3.33. The summed E-state index contributed by atoms with van der Waals surface area (Å²) in [6, 6.07) is 9.70. The summed E-state index contributed by atoms with van der Waals surface area (Å²) in [4.78, 5) is 22.8. The van der Waals surface area contributed by atoms with Gasteiger partial charge in [0.2, 0.25) is 0 Å². The Morgan fingerprint density at radius 2 is 1.91 bits per heavy atom. The lowest BCUT2D eigenvalue weighted by Gasteiger charge is -2.21. The Kier molecular flexibility index (Phi) is 4.03. The summed E-state index contributed by atoms with van der Waals surface area (Å²) in [6.07, 6.45) is -0.503. The molecule has 1 aromatic heterocycles. The van der Waals surface area contributed by atoms with Crippen molar-refractivity contribution in [1.82, 2.24) is 4.57 Å². The van der Waals surface area contributed by atoms with Crippen LogP contribution in [0.2, 0.25) is 0 Å². The van der Waals surface area contributed by atoms with Crippen LogP contribution < -0.4 is 0 Å². The summed E-state index contributed by atoms with van der Waals surface area (Å²) in [5.74, 6) is 0. The lowest BCUT2D eigenvalue weighted by atomic mass is 10.1. The molecule has 6 heteroatoms. The van der Waals surface area contributed by atoms with Gasteiger partial charge in [0, 0.05) is 23.4 Å². The summed E-state index contributed by atoms with van der Waals surface area (Å²) < 4.78 is 6.81. The molecule has 2 rings (SSSR count). The summed E-state index contributed by atoms with van der Waals surface area (Å²) in [6.45, 7) is 7.15. The van der Waals surface area contributed by atoms with Gasteiger partial charge in [-0.1, -0.05) is 12.1 Å². The fourth-order valence-corrected chi connectivity index (χ4v) is 2.09. The maximum Gasteiger partial charge on any atom is 0.419 e. The SMILES string of the molecule is Cc1ccc(-c2cccc([N+](=O)[O-])c2)n1C(=O)OC(C)(C)C. The molecule has 116 valence electrons. The van der Waals surface area contributed by atoms with Gasteiger partial charge in [0.15, 0.2) is 0 Å². The quantitative estimate of drug-likeness (QED) is 0.616. The third-order valence-electron chi connectivity index (χ3n) is 3.00. The first-order valence-electron chi connectivity index (χ1n) is 6.85. The lowest BCUT2D eigenvalue weighted by Crippen LogP contribution is -2.28. The first kappa shape index (κ1) is 15.8. The Hall–Kier alpha value is -2.63. The zero-order valence-corrected chi connectivity index (χ0v) is 13.0. The van der Waals surface area contributed by atoms with E-state index >= 15 is 0 Å². The Labute approximate surface area is 128 Å². The molecular weight excluding hydrogens is 284 g/mol. The summed E-state index contributed by atoms with van der Waals surface area (Å²) in [5.41, 5.74) is 1.22. The zero-order chi connectivity index (χ0) is 16.5. The molecule has 0 N–H and O–H groups in total. The average Bonchev–Trinajstić information content (AvgIpc) is 2.79. The second-order valence-corrected chi connectivity index (χ2v) is 5.98. The van der Waals surface area contributed by atoms with Gasteiger partial charge in [-0.25, -0.2) is 9.36 Å². The highest BCUT2D eigenvalue weighted by Crippen LogP contribution is 2.27. The predicted octanol–water partition coefficient (Wildman–Crippen LogP) is 4.15. The van der Waals surface area contributed by atoms with Gasteiger partial charge in [-0.2, -0.15) is 0 Å². The fourth-order valence-electron chi connectivity index (χ4n) is 2.09. The number of nitro groups is 1. The standard InChI is InChI=1S/C16H18N2O4/c1-11-8-9-14(17(11)15(19)22-16(2,3)4)12-6-5-7-13(10-12)18(20)21/h5-10H,1-4H3. The summed E-state index contributed by atoms with van der Waals surface area (Å²) >= 11 is 0. The molecule has 0 spiro atoms. The number of rotatable bonds is 2. The minimum absolute atomic E-state index is 0.0212. The van der Waals surface area contributed by atoms with E-state index in [2.05, 4.69) is 0 Å². The van der Waals surface area contributed by atoms with Crippen molar-refractivity contribution in [2.45, 2.75) is 33.3 Å². The summed E-state index contributed by atoms with van der Waals surface area (Å²) in [7, 11) is 0. The van der Waals surface area contributed by atoms with Crippen LogP contribution in [0.25, 0.3) is 11.3 Å². The van der Waals surface area contributed by atoms with Crippen LogP contribution >= 0.6 is 0 Å². The van der Waals surface area contributed by atoms with Crippen molar-refractivity contribution >= 4 is 11.8 Å². The highest BCUT2D eigenvalue weighted by atomic mass is 16.6. The van der Waals surface area contributed by atoms with Crippen LogP contribution in [0.4, 0.5) is 10.5 Å². The molecule has 0 fully saturated rings. The molecule has 0 saturated heterocycles. The maximum absolute atomic E-state index is 12.4. The second-order valence-electron chi connectivity index (χ2n) is 5.98. The molecule has 0 aliphatic carbocycles. The molecule has 0 amide bonds. The van der Waals surface area contributed by atoms with E-state index in [0.717, 1.165) is 0 Å². The number of nitro benzene ring substituents is 1. The van der Waals surface area contributed by atoms with Crippen LogP contribution in [0.3, 0.4) is 0 Å². The number of carbonyl (C=O) groups is 1. The Balaban J connectivity index is 2.48. The molecular formula is C16H18N2O4. The van der Waals surface area contributed by atoms with Gasteiger partial charge < -0.3 is 4.74 Å². The van der Waals surface area contributed by atoms with Gasteiger partial charge in [0.1, 0.15) is 5.60 Å².